The van der Waals surface area contributed by atoms with E-state index in [4.69, 9.17) is 4.98 Å². The summed E-state index contributed by atoms with van der Waals surface area (Å²) in [6, 6.07) is 36.3. The van der Waals surface area contributed by atoms with Crippen LogP contribution in [0.5, 0.6) is 0 Å². The summed E-state index contributed by atoms with van der Waals surface area (Å²) in [6.45, 7) is 0.346. The molecular weight excluding hydrogens is 613 g/mol. The van der Waals surface area contributed by atoms with Crippen LogP contribution in [0.2, 0.25) is 0 Å². The van der Waals surface area contributed by atoms with Crippen LogP contribution < -0.4 is 5.43 Å². The lowest BCUT2D eigenvalue weighted by molar-refractivity contribution is -0.161. The number of aromatic nitrogens is 2. The van der Waals surface area contributed by atoms with Gasteiger partial charge in [-0.3, -0.25) is 15.0 Å². The van der Waals surface area contributed by atoms with Crippen molar-refractivity contribution >= 4 is 23.4 Å². The number of fused-ring (bicyclic) bond motifs is 4. The maximum Gasteiger partial charge on any atom is 0.406 e. The third kappa shape index (κ3) is 5.41. The van der Waals surface area contributed by atoms with Gasteiger partial charge in [-0.25, -0.2) is 9.66 Å². The SMILES string of the molecule is CCCN(CC(F)(F)F)C(=O)C1c2ccccc2-c2ccc(-c3ccccc3-c3ccccc3)c(-c3nc4ccccc4n3NC=O)c21. The second-order valence-corrected chi connectivity index (χ2v) is 11.8. The number of carbonyl (C=O) groups is 2. The standard InChI is InChI=1S/C39H31F3N4O2/c1-2-22-45(23-39(40,41)42)38(48)36-29-17-9-8-16-28(29)30-20-21-31(27-15-7-6-14-26(27)25-12-4-3-5-13-25)35(34(30)36)37-44-32-18-10-11-19-33(32)46(37)43-24-47/h3-21,24,36H,2,22-23H2,1H3,(H,43,47). The largest absolute Gasteiger partial charge is 0.406 e. The highest BCUT2D eigenvalue weighted by Gasteiger charge is 2.42. The van der Waals surface area contributed by atoms with E-state index in [1.54, 1.807) is 17.7 Å². The molecule has 6 nitrogen and oxygen atoms in total. The van der Waals surface area contributed by atoms with Gasteiger partial charge in [-0.05, 0) is 63.1 Å². The Morgan fingerprint density at radius 1 is 0.812 bits per heavy atom. The Labute approximate surface area is 275 Å². The number of rotatable bonds is 9. The van der Waals surface area contributed by atoms with Gasteiger partial charge >= 0.3 is 6.18 Å². The molecule has 1 N–H and O–H groups in total. The van der Waals surface area contributed by atoms with Crippen LogP contribution in [-0.4, -0.2) is 46.1 Å². The maximum atomic E-state index is 14.6. The Kier molecular flexibility index (Phi) is 8.04. The molecule has 0 fully saturated rings. The number of para-hydroxylation sites is 2. The first-order valence-corrected chi connectivity index (χ1v) is 15.7. The number of imidazole rings is 1. The van der Waals surface area contributed by atoms with Crippen molar-refractivity contribution in [2.24, 2.45) is 0 Å². The summed E-state index contributed by atoms with van der Waals surface area (Å²) in [7, 11) is 0. The number of halogens is 3. The predicted octanol–water partition coefficient (Wildman–Crippen LogP) is 8.65. The van der Waals surface area contributed by atoms with Gasteiger partial charge in [0.25, 0.3) is 0 Å². The van der Waals surface area contributed by atoms with Gasteiger partial charge in [-0.1, -0.05) is 110 Å². The summed E-state index contributed by atoms with van der Waals surface area (Å²) in [5, 5.41) is 0. The third-order valence-electron chi connectivity index (χ3n) is 8.79. The molecule has 0 spiro atoms. The zero-order valence-corrected chi connectivity index (χ0v) is 26.0. The Morgan fingerprint density at radius 3 is 2.19 bits per heavy atom. The summed E-state index contributed by atoms with van der Waals surface area (Å²) >= 11 is 0. The Morgan fingerprint density at radius 2 is 1.46 bits per heavy atom. The normalized spacial score (nSPS) is 13.6. The molecule has 6 aromatic rings. The lowest BCUT2D eigenvalue weighted by Gasteiger charge is -2.28. The molecule has 48 heavy (non-hydrogen) atoms. The maximum absolute atomic E-state index is 14.6. The van der Waals surface area contributed by atoms with Crippen LogP contribution in [-0.2, 0) is 9.59 Å². The summed E-state index contributed by atoms with van der Waals surface area (Å²) in [4.78, 5) is 32.5. The van der Waals surface area contributed by atoms with Gasteiger partial charge in [-0.2, -0.15) is 13.2 Å². The van der Waals surface area contributed by atoms with Crippen molar-refractivity contribution in [3.05, 3.63) is 126 Å². The van der Waals surface area contributed by atoms with Crippen LogP contribution in [0.15, 0.2) is 115 Å². The second kappa shape index (κ2) is 12.5. The summed E-state index contributed by atoms with van der Waals surface area (Å²) in [5.74, 6) is -1.32. The van der Waals surface area contributed by atoms with Crippen molar-refractivity contribution in [1.82, 2.24) is 14.6 Å². The fourth-order valence-electron chi connectivity index (χ4n) is 6.93. The van der Waals surface area contributed by atoms with Crippen molar-refractivity contribution in [2.75, 3.05) is 18.5 Å². The van der Waals surface area contributed by atoms with Gasteiger partial charge in [-0.15, -0.1) is 0 Å². The van der Waals surface area contributed by atoms with Crippen LogP contribution in [0.1, 0.15) is 30.4 Å². The fraction of sp³-hybridized carbons (Fsp3) is 0.154. The van der Waals surface area contributed by atoms with Crippen LogP contribution >= 0.6 is 0 Å². The average Bonchev–Trinajstić information content (AvgIpc) is 3.63. The summed E-state index contributed by atoms with van der Waals surface area (Å²) in [6.07, 6.45) is -3.66. The molecule has 0 bridgehead atoms. The van der Waals surface area contributed by atoms with E-state index in [2.05, 4.69) is 5.43 Å². The lowest BCUT2D eigenvalue weighted by Crippen LogP contribution is -2.42. The van der Waals surface area contributed by atoms with Gasteiger partial charge in [0.2, 0.25) is 12.3 Å². The third-order valence-corrected chi connectivity index (χ3v) is 8.79. The number of hydrogen-bond acceptors (Lipinski definition) is 3. The van der Waals surface area contributed by atoms with Gasteiger partial charge < -0.3 is 4.90 Å². The van der Waals surface area contributed by atoms with Crippen LogP contribution in [0.4, 0.5) is 13.2 Å². The molecular formula is C39H31F3N4O2. The Bertz CT molecular complexity index is 2160. The highest BCUT2D eigenvalue weighted by molar-refractivity contribution is 6.04. The molecule has 1 atom stereocenters. The smallest absolute Gasteiger partial charge is 0.333 e. The number of alkyl halides is 3. The molecule has 0 aliphatic heterocycles. The molecule has 1 heterocycles. The quantitative estimate of drug-likeness (QED) is 0.160. The highest BCUT2D eigenvalue weighted by atomic mass is 19.4. The Hall–Kier alpha value is -5.70. The highest BCUT2D eigenvalue weighted by Crippen LogP contribution is 2.53. The number of benzene rings is 5. The van der Waals surface area contributed by atoms with Gasteiger partial charge in [0.05, 0.1) is 17.0 Å². The number of nitrogens with zero attached hydrogens (tertiary/aromatic N) is 3. The predicted molar refractivity (Wildman–Crippen MR) is 182 cm³/mol. The summed E-state index contributed by atoms with van der Waals surface area (Å²) < 4.78 is 43.3. The van der Waals surface area contributed by atoms with E-state index in [9.17, 15) is 22.8 Å². The Balaban J connectivity index is 1.58. The molecule has 1 aromatic heterocycles. The molecule has 2 amide bonds. The molecule has 0 saturated heterocycles. The second-order valence-electron chi connectivity index (χ2n) is 11.8. The van der Waals surface area contributed by atoms with E-state index < -0.39 is 24.5 Å². The fourth-order valence-corrected chi connectivity index (χ4v) is 6.93. The van der Waals surface area contributed by atoms with E-state index in [0.717, 1.165) is 38.3 Å². The van der Waals surface area contributed by atoms with Crippen molar-refractivity contribution in [3.8, 4) is 44.8 Å². The molecule has 7 rings (SSSR count). The van der Waals surface area contributed by atoms with Crippen LogP contribution in [0.25, 0.3) is 55.8 Å². The van der Waals surface area contributed by atoms with E-state index in [1.165, 1.54) is 0 Å². The molecule has 1 aliphatic carbocycles. The van der Waals surface area contributed by atoms with E-state index >= 15 is 0 Å². The number of carbonyl (C=O) groups excluding carboxylic acids is 2. The molecule has 240 valence electrons. The van der Waals surface area contributed by atoms with Crippen LogP contribution in [0, 0.1) is 0 Å². The molecule has 1 aliphatic rings. The van der Waals surface area contributed by atoms with Crippen molar-refractivity contribution in [3.63, 3.8) is 0 Å². The molecule has 9 heteroatoms. The van der Waals surface area contributed by atoms with Gasteiger partial charge in [0.15, 0.2) is 5.82 Å². The zero-order valence-electron chi connectivity index (χ0n) is 26.0. The number of hydrogen-bond donors (Lipinski definition) is 1. The minimum atomic E-state index is -4.58. The van der Waals surface area contributed by atoms with Gasteiger partial charge in [0, 0.05) is 12.1 Å². The first-order valence-electron chi connectivity index (χ1n) is 15.7. The zero-order chi connectivity index (χ0) is 33.4. The van der Waals surface area contributed by atoms with Crippen LogP contribution in [0.3, 0.4) is 0 Å². The van der Waals surface area contributed by atoms with E-state index in [1.807, 2.05) is 109 Å². The van der Waals surface area contributed by atoms with Crippen molar-refractivity contribution in [1.29, 1.82) is 0 Å². The minimum Gasteiger partial charge on any atom is -0.333 e. The summed E-state index contributed by atoms with van der Waals surface area (Å²) in [5.41, 5.74) is 10.7. The monoisotopic (exact) mass is 644 g/mol. The van der Waals surface area contributed by atoms with Crippen molar-refractivity contribution < 1.29 is 22.8 Å². The average molecular weight is 645 g/mol. The van der Waals surface area contributed by atoms with Crippen molar-refractivity contribution in [2.45, 2.75) is 25.4 Å². The first kappa shape index (κ1) is 30.9. The molecule has 5 aromatic carbocycles. The number of amides is 2. The van der Waals surface area contributed by atoms with Gasteiger partial charge in [0.1, 0.15) is 6.54 Å². The molecule has 0 radical (unpaired) electrons. The molecule has 0 saturated carbocycles. The molecule has 1 unspecified atom stereocenters. The number of nitrogens with one attached hydrogen (secondary N) is 1. The van der Waals surface area contributed by atoms with E-state index in [0.29, 0.717) is 46.4 Å². The lowest BCUT2D eigenvalue weighted by atomic mass is 9.84. The minimum absolute atomic E-state index is 0.0522. The van der Waals surface area contributed by atoms with E-state index in [-0.39, 0.29) is 6.54 Å². The topological polar surface area (TPSA) is 67.2 Å². The first-order chi connectivity index (χ1) is 23.3.